The van der Waals surface area contributed by atoms with Crippen LogP contribution in [0.1, 0.15) is 35.2 Å². The minimum atomic E-state index is -0.179. The van der Waals surface area contributed by atoms with Crippen molar-refractivity contribution in [3.63, 3.8) is 0 Å². The van der Waals surface area contributed by atoms with E-state index in [0.29, 0.717) is 36.0 Å². The van der Waals surface area contributed by atoms with Gasteiger partial charge in [-0.05, 0) is 43.0 Å². The van der Waals surface area contributed by atoms with Crippen LogP contribution in [0.3, 0.4) is 0 Å². The summed E-state index contributed by atoms with van der Waals surface area (Å²) in [6, 6.07) is 7.13. The molecule has 2 N–H and O–H groups in total. The second kappa shape index (κ2) is 8.59. The van der Waals surface area contributed by atoms with Gasteiger partial charge in [-0.25, -0.2) is 0 Å². The second-order valence-corrected chi connectivity index (χ2v) is 6.73. The predicted molar refractivity (Wildman–Crippen MR) is 104 cm³/mol. The van der Waals surface area contributed by atoms with Gasteiger partial charge in [0, 0.05) is 41.6 Å². The second-order valence-electron chi connectivity index (χ2n) is 5.95. The Kier molecular flexibility index (Phi) is 5.97. The van der Waals surface area contributed by atoms with Gasteiger partial charge >= 0.3 is 0 Å². The minimum Gasteiger partial charge on any atom is -0.421 e. The van der Waals surface area contributed by atoms with E-state index in [1.165, 1.54) is 0 Å². The van der Waals surface area contributed by atoms with Crippen LogP contribution in [0.15, 0.2) is 39.4 Å². The number of aromatic nitrogens is 2. The topological polar surface area (TPSA) is 97.1 Å². The molecule has 0 aliphatic carbocycles. The van der Waals surface area contributed by atoms with Crippen LogP contribution < -0.4 is 10.6 Å². The number of carbonyl (C=O) groups is 2. The van der Waals surface area contributed by atoms with E-state index in [1.54, 1.807) is 23.5 Å². The van der Waals surface area contributed by atoms with Crippen molar-refractivity contribution in [2.24, 2.45) is 0 Å². The van der Waals surface area contributed by atoms with E-state index in [2.05, 4.69) is 20.8 Å². The molecule has 0 aliphatic heterocycles. The van der Waals surface area contributed by atoms with Gasteiger partial charge in [0.25, 0.3) is 5.91 Å². The molecule has 8 heteroatoms. The number of nitrogens with one attached hydrogen (secondary N) is 2. The van der Waals surface area contributed by atoms with E-state index in [1.807, 2.05) is 36.7 Å². The fraction of sp³-hybridized carbons (Fsp3) is 0.263. The lowest BCUT2D eigenvalue weighted by Gasteiger charge is -2.10. The van der Waals surface area contributed by atoms with Crippen molar-refractivity contribution in [1.29, 1.82) is 0 Å². The molecule has 3 aromatic rings. The van der Waals surface area contributed by atoms with Crippen LogP contribution in [-0.2, 0) is 11.2 Å². The summed E-state index contributed by atoms with van der Waals surface area (Å²) in [5.74, 6) is 0.525. The highest BCUT2D eigenvalue weighted by Crippen LogP contribution is 2.21. The lowest BCUT2D eigenvalue weighted by molar-refractivity contribution is -0.116. The van der Waals surface area contributed by atoms with E-state index >= 15 is 0 Å². The number of rotatable bonds is 7. The minimum absolute atomic E-state index is 0.167. The average molecular weight is 384 g/mol. The van der Waals surface area contributed by atoms with Crippen LogP contribution in [0.5, 0.6) is 0 Å². The van der Waals surface area contributed by atoms with E-state index in [4.69, 9.17) is 4.42 Å². The molecule has 0 fully saturated rings. The molecular weight excluding hydrogens is 364 g/mol. The van der Waals surface area contributed by atoms with Crippen LogP contribution in [0.2, 0.25) is 0 Å². The van der Waals surface area contributed by atoms with E-state index in [0.717, 1.165) is 11.1 Å². The Labute approximate surface area is 160 Å². The highest BCUT2D eigenvalue weighted by atomic mass is 32.1. The number of anilines is 1. The van der Waals surface area contributed by atoms with Crippen LogP contribution in [0, 0.1) is 6.92 Å². The van der Waals surface area contributed by atoms with Crippen molar-refractivity contribution >= 4 is 28.8 Å². The predicted octanol–water partition coefficient (Wildman–Crippen LogP) is 3.43. The molecule has 0 atom stereocenters. The molecular formula is C19H20N4O3S. The summed E-state index contributed by atoms with van der Waals surface area (Å²) in [4.78, 5) is 24.2. The molecule has 0 radical (unpaired) electrons. The van der Waals surface area contributed by atoms with Crippen molar-refractivity contribution in [3.05, 3.63) is 52.0 Å². The summed E-state index contributed by atoms with van der Waals surface area (Å²) in [6.45, 7) is 4.28. The Morgan fingerprint density at radius 2 is 2.07 bits per heavy atom. The first-order chi connectivity index (χ1) is 13.1. The average Bonchev–Trinajstić information content (AvgIpc) is 3.33. The van der Waals surface area contributed by atoms with E-state index in [9.17, 15) is 9.59 Å². The van der Waals surface area contributed by atoms with Gasteiger partial charge in [0.15, 0.2) is 0 Å². The zero-order valence-electron chi connectivity index (χ0n) is 15.1. The molecule has 0 spiro atoms. The quantitative estimate of drug-likeness (QED) is 0.650. The van der Waals surface area contributed by atoms with Crippen molar-refractivity contribution < 1.29 is 14.0 Å². The molecule has 0 aliphatic rings. The van der Waals surface area contributed by atoms with Crippen LogP contribution in [0.25, 0.3) is 11.5 Å². The van der Waals surface area contributed by atoms with Gasteiger partial charge in [-0.2, -0.15) is 11.3 Å². The highest BCUT2D eigenvalue weighted by molar-refractivity contribution is 7.08. The molecule has 140 valence electrons. The maximum Gasteiger partial charge on any atom is 0.251 e. The molecule has 7 nitrogen and oxygen atoms in total. The third kappa shape index (κ3) is 4.79. The number of carbonyl (C=O) groups excluding carboxylic acids is 2. The van der Waals surface area contributed by atoms with Crippen LogP contribution in [0.4, 0.5) is 5.69 Å². The molecule has 2 heterocycles. The molecule has 1 aromatic carbocycles. The van der Waals surface area contributed by atoms with E-state index < -0.39 is 0 Å². The summed E-state index contributed by atoms with van der Waals surface area (Å²) in [7, 11) is 0. The largest absolute Gasteiger partial charge is 0.421 e. The molecule has 0 saturated heterocycles. The SMILES string of the molecule is CCNC(=O)c1ccc(C)c(NC(=O)CCc2nnc(-c3ccsc3)o2)c1. The first-order valence-electron chi connectivity index (χ1n) is 8.60. The molecule has 0 unspecified atom stereocenters. The van der Waals surface area contributed by atoms with Gasteiger partial charge in [-0.3, -0.25) is 9.59 Å². The summed E-state index contributed by atoms with van der Waals surface area (Å²) in [6.07, 6.45) is 0.550. The number of aryl methyl sites for hydroxylation is 2. The zero-order chi connectivity index (χ0) is 19.2. The molecule has 27 heavy (non-hydrogen) atoms. The summed E-state index contributed by atoms with van der Waals surface area (Å²) < 4.78 is 5.58. The van der Waals surface area contributed by atoms with Gasteiger partial charge in [-0.15, -0.1) is 10.2 Å². The Bertz CT molecular complexity index is 934. The Morgan fingerprint density at radius 3 is 2.81 bits per heavy atom. The number of hydrogen-bond acceptors (Lipinski definition) is 6. The van der Waals surface area contributed by atoms with Crippen molar-refractivity contribution in [1.82, 2.24) is 15.5 Å². The summed E-state index contributed by atoms with van der Waals surface area (Å²) in [5, 5.41) is 17.4. The fourth-order valence-corrected chi connectivity index (χ4v) is 3.08. The maximum absolute atomic E-state index is 12.3. The zero-order valence-corrected chi connectivity index (χ0v) is 15.9. The van der Waals surface area contributed by atoms with Crippen LogP contribution >= 0.6 is 11.3 Å². The smallest absolute Gasteiger partial charge is 0.251 e. The highest BCUT2D eigenvalue weighted by Gasteiger charge is 2.13. The fourth-order valence-electron chi connectivity index (χ4n) is 2.45. The first kappa shape index (κ1) is 18.8. The van der Waals surface area contributed by atoms with Crippen LogP contribution in [-0.4, -0.2) is 28.6 Å². The maximum atomic E-state index is 12.3. The molecule has 0 bridgehead atoms. The van der Waals surface area contributed by atoms with Crippen molar-refractivity contribution in [2.45, 2.75) is 26.7 Å². The first-order valence-corrected chi connectivity index (χ1v) is 9.54. The van der Waals surface area contributed by atoms with Gasteiger partial charge in [0.05, 0.1) is 0 Å². The Hall–Kier alpha value is -3.00. The van der Waals surface area contributed by atoms with Crippen molar-refractivity contribution in [2.75, 3.05) is 11.9 Å². The number of nitrogens with zero attached hydrogens (tertiary/aromatic N) is 2. The third-order valence-corrected chi connectivity index (χ3v) is 4.60. The molecule has 2 amide bonds. The molecule has 0 saturated carbocycles. The molecule has 3 rings (SSSR count). The van der Waals surface area contributed by atoms with Gasteiger partial charge in [0.1, 0.15) is 0 Å². The monoisotopic (exact) mass is 384 g/mol. The number of benzene rings is 1. The Morgan fingerprint density at radius 1 is 1.22 bits per heavy atom. The lowest BCUT2D eigenvalue weighted by Crippen LogP contribution is -2.23. The van der Waals surface area contributed by atoms with Gasteiger partial charge in [0.2, 0.25) is 17.7 Å². The third-order valence-electron chi connectivity index (χ3n) is 3.91. The summed E-state index contributed by atoms with van der Waals surface area (Å²) >= 11 is 1.55. The Balaban J connectivity index is 1.59. The lowest BCUT2D eigenvalue weighted by atomic mass is 10.1. The van der Waals surface area contributed by atoms with Gasteiger partial charge in [-0.1, -0.05) is 6.07 Å². The molecule has 2 aromatic heterocycles. The van der Waals surface area contributed by atoms with Crippen molar-refractivity contribution in [3.8, 4) is 11.5 Å². The van der Waals surface area contributed by atoms with E-state index in [-0.39, 0.29) is 18.2 Å². The standard InChI is InChI=1S/C19H20N4O3S/c1-3-20-18(25)13-5-4-12(2)15(10-13)21-16(24)6-7-17-22-23-19(26-17)14-8-9-27-11-14/h4-5,8-11H,3,6-7H2,1-2H3,(H,20,25)(H,21,24). The summed E-state index contributed by atoms with van der Waals surface area (Å²) in [5.41, 5.74) is 2.89. The number of amides is 2. The number of hydrogen-bond donors (Lipinski definition) is 2. The normalized spacial score (nSPS) is 10.6. The number of thiophene rings is 1. The van der Waals surface area contributed by atoms with Gasteiger partial charge < -0.3 is 15.1 Å².